The van der Waals surface area contributed by atoms with Crippen molar-refractivity contribution in [2.45, 2.75) is 25.1 Å². The van der Waals surface area contributed by atoms with Crippen molar-refractivity contribution in [2.24, 2.45) is 0 Å². The zero-order chi connectivity index (χ0) is 20.3. The van der Waals surface area contributed by atoms with E-state index >= 15 is 0 Å². The molecular weight excluding hydrogens is 396 g/mol. The molecule has 4 aromatic rings. The van der Waals surface area contributed by atoms with E-state index in [1.165, 1.54) is 11.1 Å². The van der Waals surface area contributed by atoms with Gasteiger partial charge in [-0.15, -0.1) is 0 Å². The Morgan fingerprint density at radius 3 is 2.43 bits per heavy atom. The first-order chi connectivity index (χ1) is 14.8. The average Bonchev–Trinajstić information content (AvgIpc) is 3.27. The van der Waals surface area contributed by atoms with Crippen LogP contribution >= 0.6 is 11.6 Å². The van der Waals surface area contributed by atoms with Gasteiger partial charge in [-0.25, -0.2) is 4.68 Å². The molecule has 0 fully saturated rings. The fourth-order valence-corrected chi connectivity index (χ4v) is 3.96. The smallest absolute Gasteiger partial charge is 0.222 e. The van der Waals surface area contributed by atoms with Gasteiger partial charge in [-0.1, -0.05) is 66.2 Å². The summed E-state index contributed by atoms with van der Waals surface area (Å²) in [6.45, 7) is 0.555. The van der Waals surface area contributed by atoms with Gasteiger partial charge in [0.15, 0.2) is 0 Å². The van der Waals surface area contributed by atoms with Crippen LogP contribution in [-0.4, -0.2) is 14.8 Å². The predicted octanol–water partition coefficient (Wildman–Crippen LogP) is 5.66. The first kappa shape index (κ1) is 18.7. The van der Waals surface area contributed by atoms with Crippen LogP contribution in [0.1, 0.15) is 35.2 Å². The van der Waals surface area contributed by atoms with E-state index in [9.17, 15) is 0 Å². The normalized spacial score (nSPS) is 17.8. The van der Waals surface area contributed by atoms with Gasteiger partial charge in [0.05, 0.1) is 12.1 Å². The topological polar surface area (TPSA) is 52.0 Å². The number of anilines is 1. The molecule has 0 amide bonds. The monoisotopic (exact) mass is 416 g/mol. The maximum Gasteiger partial charge on any atom is 0.222 e. The number of nitrogens with one attached hydrogen (secondary N) is 1. The van der Waals surface area contributed by atoms with Gasteiger partial charge >= 0.3 is 0 Å². The Kier molecular flexibility index (Phi) is 5.11. The molecular formula is C24H21ClN4O. The van der Waals surface area contributed by atoms with Crippen LogP contribution in [0.2, 0.25) is 5.02 Å². The minimum atomic E-state index is 0.0904. The molecule has 0 spiro atoms. The van der Waals surface area contributed by atoms with Crippen LogP contribution in [-0.2, 0) is 6.61 Å². The van der Waals surface area contributed by atoms with Crippen molar-refractivity contribution in [3.63, 3.8) is 0 Å². The lowest BCUT2D eigenvalue weighted by Crippen LogP contribution is -2.28. The highest BCUT2D eigenvalue weighted by Crippen LogP contribution is 2.37. The fourth-order valence-electron chi connectivity index (χ4n) is 3.84. The van der Waals surface area contributed by atoms with E-state index in [-0.39, 0.29) is 12.1 Å². The molecule has 0 bridgehead atoms. The minimum Gasteiger partial charge on any atom is -0.489 e. The molecule has 2 atom stereocenters. The summed E-state index contributed by atoms with van der Waals surface area (Å²) in [5.41, 5.74) is 3.51. The molecule has 0 aliphatic carbocycles. The molecule has 6 heteroatoms. The van der Waals surface area contributed by atoms with E-state index in [0.717, 1.165) is 28.7 Å². The molecule has 1 N–H and O–H groups in total. The number of rotatable bonds is 5. The molecule has 0 saturated carbocycles. The van der Waals surface area contributed by atoms with Crippen LogP contribution in [0.4, 0.5) is 5.95 Å². The molecule has 1 aliphatic rings. The third-order valence-electron chi connectivity index (χ3n) is 5.42. The van der Waals surface area contributed by atoms with Gasteiger partial charge in [-0.2, -0.15) is 10.1 Å². The lowest BCUT2D eigenvalue weighted by Gasteiger charge is -2.32. The molecule has 30 heavy (non-hydrogen) atoms. The largest absolute Gasteiger partial charge is 0.489 e. The summed E-state index contributed by atoms with van der Waals surface area (Å²) in [5, 5.41) is 8.67. The number of benzene rings is 3. The molecule has 0 saturated heterocycles. The highest BCUT2D eigenvalue weighted by Gasteiger charge is 2.29. The van der Waals surface area contributed by atoms with Gasteiger partial charge in [0.25, 0.3) is 0 Å². The number of aromatic nitrogens is 3. The summed E-state index contributed by atoms with van der Waals surface area (Å²) >= 11 is 6.06. The van der Waals surface area contributed by atoms with E-state index < -0.39 is 0 Å². The number of hydrogen-bond acceptors (Lipinski definition) is 4. The number of halogens is 1. The third-order valence-corrected chi connectivity index (χ3v) is 5.67. The van der Waals surface area contributed by atoms with Gasteiger partial charge in [-0.3, -0.25) is 0 Å². The first-order valence-corrected chi connectivity index (χ1v) is 10.3. The lowest BCUT2D eigenvalue weighted by atomic mass is 9.93. The van der Waals surface area contributed by atoms with E-state index in [1.807, 2.05) is 47.1 Å². The SMILES string of the molecule is Clc1ccc(C2CC(c3ccc(OCc4ccccc4)cc3)n3ncnc3N2)cc1. The van der Waals surface area contributed by atoms with Crippen molar-refractivity contribution < 1.29 is 4.74 Å². The molecule has 1 aliphatic heterocycles. The Balaban J connectivity index is 1.35. The summed E-state index contributed by atoms with van der Waals surface area (Å²) in [4.78, 5) is 4.40. The van der Waals surface area contributed by atoms with Gasteiger partial charge in [0, 0.05) is 5.02 Å². The van der Waals surface area contributed by atoms with Crippen LogP contribution < -0.4 is 10.1 Å². The zero-order valence-electron chi connectivity index (χ0n) is 16.3. The molecule has 1 aromatic heterocycles. The Hall–Kier alpha value is -3.31. The molecule has 2 unspecified atom stereocenters. The second kappa shape index (κ2) is 8.20. The summed E-state index contributed by atoms with van der Waals surface area (Å²) in [6.07, 6.45) is 2.46. The molecule has 5 nitrogen and oxygen atoms in total. The Labute approximate surface area is 180 Å². The van der Waals surface area contributed by atoms with Crippen LogP contribution in [0.3, 0.4) is 0 Å². The fraction of sp³-hybridized carbons (Fsp3) is 0.167. The summed E-state index contributed by atoms with van der Waals surface area (Å²) in [5.74, 6) is 1.63. The van der Waals surface area contributed by atoms with Crippen molar-refractivity contribution in [3.8, 4) is 5.75 Å². The van der Waals surface area contributed by atoms with E-state index in [4.69, 9.17) is 16.3 Å². The van der Waals surface area contributed by atoms with Crippen molar-refractivity contribution in [1.29, 1.82) is 0 Å². The summed E-state index contributed by atoms with van der Waals surface area (Å²) < 4.78 is 7.88. The minimum absolute atomic E-state index is 0.0904. The molecule has 5 rings (SSSR count). The van der Waals surface area contributed by atoms with Crippen LogP contribution in [0.15, 0.2) is 85.2 Å². The van der Waals surface area contributed by atoms with Crippen molar-refractivity contribution in [1.82, 2.24) is 14.8 Å². The Morgan fingerprint density at radius 2 is 1.67 bits per heavy atom. The van der Waals surface area contributed by atoms with Gasteiger partial charge in [0.2, 0.25) is 5.95 Å². The highest BCUT2D eigenvalue weighted by atomic mass is 35.5. The molecule has 150 valence electrons. The van der Waals surface area contributed by atoms with Gasteiger partial charge < -0.3 is 10.1 Å². The number of ether oxygens (including phenoxy) is 1. The van der Waals surface area contributed by atoms with Gasteiger partial charge in [-0.05, 0) is 47.4 Å². The van der Waals surface area contributed by atoms with E-state index in [0.29, 0.717) is 6.61 Å². The Bertz CT molecular complexity index is 1110. The van der Waals surface area contributed by atoms with Crippen molar-refractivity contribution >= 4 is 17.5 Å². The quantitative estimate of drug-likeness (QED) is 0.456. The number of fused-ring (bicyclic) bond motifs is 1. The standard InChI is InChI=1S/C24H21ClN4O/c25-20-10-6-18(7-11-20)22-14-23(29-24(28-22)26-16-27-29)19-8-12-21(13-9-19)30-15-17-4-2-1-3-5-17/h1-13,16,22-23H,14-15H2,(H,26,27,28). The van der Waals surface area contributed by atoms with E-state index in [1.54, 1.807) is 6.33 Å². The van der Waals surface area contributed by atoms with E-state index in [2.05, 4.69) is 51.8 Å². The van der Waals surface area contributed by atoms with Gasteiger partial charge in [0.1, 0.15) is 18.7 Å². The maximum atomic E-state index is 6.06. The van der Waals surface area contributed by atoms with Crippen LogP contribution in [0.5, 0.6) is 5.75 Å². The number of hydrogen-bond donors (Lipinski definition) is 1. The van der Waals surface area contributed by atoms with Crippen LogP contribution in [0.25, 0.3) is 0 Å². The van der Waals surface area contributed by atoms with Crippen LogP contribution in [0, 0.1) is 0 Å². The second-order valence-electron chi connectivity index (χ2n) is 7.37. The first-order valence-electron chi connectivity index (χ1n) is 9.94. The summed E-state index contributed by atoms with van der Waals surface area (Å²) in [6, 6.07) is 26.6. The predicted molar refractivity (Wildman–Crippen MR) is 118 cm³/mol. The Morgan fingerprint density at radius 1 is 0.933 bits per heavy atom. The third kappa shape index (κ3) is 3.89. The molecule has 2 heterocycles. The lowest BCUT2D eigenvalue weighted by molar-refractivity contribution is 0.306. The second-order valence-corrected chi connectivity index (χ2v) is 7.81. The number of nitrogens with zero attached hydrogens (tertiary/aromatic N) is 3. The highest BCUT2D eigenvalue weighted by molar-refractivity contribution is 6.30. The molecule has 3 aromatic carbocycles. The van der Waals surface area contributed by atoms with Crippen molar-refractivity contribution in [2.75, 3.05) is 5.32 Å². The average molecular weight is 417 g/mol. The summed E-state index contributed by atoms with van der Waals surface area (Å²) in [7, 11) is 0. The maximum absolute atomic E-state index is 6.06. The zero-order valence-corrected chi connectivity index (χ0v) is 17.0. The van der Waals surface area contributed by atoms with Crippen molar-refractivity contribution in [3.05, 3.63) is 107 Å². The molecule has 0 radical (unpaired) electrons.